The lowest BCUT2D eigenvalue weighted by molar-refractivity contribution is 0.180. The van der Waals surface area contributed by atoms with Gasteiger partial charge in [0.05, 0.1) is 6.61 Å². The summed E-state index contributed by atoms with van der Waals surface area (Å²) in [4.78, 5) is 6.56. The second-order valence-electron chi connectivity index (χ2n) is 4.99. The van der Waals surface area contributed by atoms with Gasteiger partial charge in [-0.1, -0.05) is 0 Å². The molecule has 2 N–H and O–H groups in total. The average molecular weight is 252 g/mol. The lowest BCUT2D eigenvalue weighted by Gasteiger charge is -2.25. The third kappa shape index (κ3) is 3.80. The number of aliphatic hydroxyl groups excluding tert-OH is 1. The molecule has 5 heteroatoms. The molecule has 1 aliphatic rings. The number of hydrogen-bond acceptors (Lipinski definition) is 4. The molecule has 1 atom stereocenters. The van der Waals surface area contributed by atoms with Gasteiger partial charge in [0.25, 0.3) is 0 Å². The molecule has 1 aromatic rings. The molecule has 1 fully saturated rings. The summed E-state index contributed by atoms with van der Waals surface area (Å²) in [7, 11) is 0. The molecule has 1 unspecified atom stereocenters. The van der Waals surface area contributed by atoms with Crippen LogP contribution in [-0.2, 0) is 6.54 Å². The summed E-state index contributed by atoms with van der Waals surface area (Å²) in [6.45, 7) is 7.09. The summed E-state index contributed by atoms with van der Waals surface area (Å²) in [6.07, 6.45) is 6.38. The highest BCUT2D eigenvalue weighted by Crippen LogP contribution is 2.07. The van der Waals surface area contributed by atoms with Crippen molar-refractivity contribution in [2.24, 2.45) is 0 Å². The number of nitrogens with zero attached hydrogens (tertiary/aromatic N) is 3. The van der Waals surface area contributed by atoms with Gasteiger partial charge in [-0.15, -0.1) is 0 Å². The van der Waals surface area contributed by atoms with Crippen LogP contribution in [0.15, 0.2) is 12.4 Å². The van der Waals surface area contributed by atoms with E-state index in [0.717, 1.165) is 38.5 Å². The molecule has 0 radical (unpaired) electrons. The number of aryl methyl sites for hydroxylation is 1. The number of imidazole rings is 1. The standard InChI is InChI=1S/C13H24N4O/c1-12-14-5-6-17(12)8-7-16(9-10-18)11-13-3-2-4-15-13/h5-6,13,15,18H,2-4,7-11H2,1H3. The molecule has 0 spiro atoms. The fraction of sp³-hybridized carbons (Fsp3) is 0.769. The third-order valence-corrected chi connectivity index (χ3v) is 3.64. The SMILES string of the molecule is Cc1nccn1CCN(CCO)CC1CCCN1. The van der Waals surface area contributed by atoms with Gasteiger partial charge in [-0.25, -0.2) is 4.98 Å². The van der Waals surface area contributed by atoms with Crippen LogP contribution in [0.3, 0.4) is 0 Å². The maximum absolute atomic E-state index is 9.14. The Labute approximate surface area is 109 Å². The second-order valence-corrected chi connectivity index (χ2v) is 4.99. The van der Waals surface area contributed by atoms with Crippen LogP contribution < -0.4 is 5.32 Å². The monoisotopic (exact) mass is 252 g/mol. The summed E-state index contributed by atoms with van der Waals surface area (Å²) in [5, 5.41) is 12.6. The highest BCUT2D eigenvalue weighted by atomic mass is 16.3. The van der Waals surface area contributed by atoms with E-state index in [1.165, 1.54) is 12.8 Å². The van der Waals surface area contributed by atoms with E-state index in [9.17, 15) is 0 Å². The van der Waals surface area contributed by atoms with Crippen molar-refractivity contribution in [2.45, 2.75) is 32.4 Å². The van der Waals surface area contributed by atoms with Crippen LogP contribution in [0.5, 0.6) is 0 Å². The zero-order valence-electron chi connectivity index (χ0n) is 11.2. The van der Waals surface area contributed by atoms with Crippen LogP contribution in [0.4, 0.5) is 0 Å². The lowest BCUT2D eigenvalue weighted by atomic mass is 10.2. The molecule has 1 aliphatic heterocycles. The first-order valence-electron chi connectivity index (χ1n) is 6.84. The Kier molecular flexibility index (Phi) is 5.16. The van der Waals surface area contributed by atoms with Crippen molar-refractivity contribution < 1.29 is 5.11 Å². The Morgan fingerprint density at radius 3 is 3.06 bits per heavy atom. The summed E-state index contributed by atoms with van der Waals surface area (Å²) < 4.78 is 2.16. The van der Waals surface area contributed by atoms with Crippen molar-refractivity contribution >= 4 is 0 Å². The normalized spacial score (nSPS) is 19.8. The quantitative estimate of drug-likeness (QED) is 0.730. The topological polar surface area (TPSA) is 53.3 Å². The Morgan fingerprint density at radius 2 is 2.44 bits per heavy atom. The maximum atomic E-state index is 9.14. The first kappa shape index (κ1) is 13.5. The number of rotatable bonds is 7. The van der Waals surface area contributed by atoms with Crippen molar-refractivity contribution in [3.63, 3.8) is 0 Å². The molecule has 0 amide bonds. The predicted octanol–water partition coefficient (Wildman–Crippen LogP) is 0.238. The molecule has 2 heterocycles. The van der Waals surface area contributed by atoms with E-state index in [2.05, 4.69) is 19.8 Å². The van der Waals surface area contributed by atoms with E-state index in [1.54, 1.807) is 0 Å². The van der Waals surface area contributed by atoms with Crippen molar-refractivity contribution in [2.75, 3.05) is 32.8 Å². The van der Waals surface area contributed by atoms with Gasteiger partial charge in [0.2, 0.25) is 0 Å². The molecular formula is C13H24N4O. The van der Waals surface area contributed by atoms with Crippen molar-refractivity contribution in [1.29, 1.82) is 0 Å². The fourth-order valence-corrected chi connectivity index (χ4v) is 2.55. The molecule has 0 saturated carbocycles. The van der Waals surface area contributed by atoms with E-state index in [4.69, 9.17) is 5.11 Å². The van der Waals surface area contributed by atoms with Crippen LogP contribution in [0.2, 0.25) is 0 Å². The van der Waals surface area contributed by atoms with E-state index in [0.29, 0.717) is 6.04 Å². The van der Waals surface area contributed by atoms with Crippen LogP contribution in [-0.4, -0.2) is 58.4 Å². The van der Waals surface area contributed by atoms with Crippen LogP contribution in [0.25, 0.3) is 0 Å². The zero-order chi connectivity index (χ0) is 12.8. The molecule has 0 aliphatic carbocycles. The van der Waals surface area contributed by atoms with Gasteiger partial charge in [0.15, 0.2) is 0 Å². The Balaban J connectivity index is 1.79. The molecule has 0 bridgehead atoms. The van der Waals surface area contributed by atoms with Gasteiger partial charge in [-0.05, 0) is 26.3 Å². The summed E-state index contributed by atoms with van der Waals surface area (Å²) >= 11 is 0. The first-order chi connectivity index (χ1) is 8.79. The molecule has 1 aromatic heterocycles. The van der Waals surface area contributed by atoms with Crippen molar-refractivity contribution in [3.05, 3.63) is 18.2 Å². The van der Waals surface area contributed by atoms with E-state index < -0.39 is 0 Å². The Hall–Kier alpha value is -0.910. The summed E-state index contributed by atoms with van der Waals surface area (Å²) in [6, 6.07) is 0.598. The van der Waals surface area contributed by atoms with Gasteiger partial charge >= 0.3 is 0 Å². The van der Waals surface area contributed by atoms with Crippen LogP contribution in [0.1, 0.15) is 18.7 Å². The Bertz CT molecular complexity index is 347. The minimum absolute atomic E-state index is 0.232. The van der Waals surface area contributed by atoms with Gasteiger partial charge in [0.1, 0.15) is 5.82 Å². The highest BCUT2D eigenvalue weighted by molar-refractivity contribution is 4.88. The lowest BCUT2D eigenvalue weighted by Crippen LogP contribution is -2.40. The van der Waals surface area contributed by atoms with E-state index in [1.807, 2.05) is 19.3 Å². The van der Waals surface area contributed by atoms with Crippen LogP contribution in [0, 0.1) is 6.92 Å². The molecule has 18 heavy (non-hydrogen) atoms. The number of aromatic nitrogens is 2. The molecule has 5 nitrogen and oxygen atoms in total. The predicted molar refractivity (Wildman–Crippen MR) is 71.5 cm³/mol. The Morgan fingerprint density at radius 1 is 1.56 bits per heavy atom. The first-order valence-corrected chi connectivity index (χ1v) is 6.84. The fourth-order valence-electron chi connectivity index (χ4n) is 2.55. The van der Waals surface area contributed by atoms with Crippen molar-refractivity contribution in [3.8, 4) is 0 Å². The van der Waals surface area contributed by atoms with E-state index >= 15 is 0 Å². The molecule has 102 valence electrons. The molecule has 2 rings (SSSR count). The number of hydrogen-bond donors (Lipinski definition) is 2. The number of aliphatic hydroxyl groups is 1. The maximum Gasteiger partial charge on any atom is 0.105 e. The van der Waals surface area contributed by atoms with Gasteiger partial charge in [-0.3, -0.25) is 4.90 Å². The average Bonchev–Trinajstić information content (AvgIpc) is 2.98. The second kappa shape index (κ2) is 6.87. The zero-order valence-corrected chi connectivity index (χ0v) is 11.2. The highest BCUT2D eigenvalue weighted by Gasteiger charge is 2.17. The molecular weight excluding hydrogens is 228 g/mol. The van der Waals surface area contributed by atoms with E-state index in [-0.39, 0.29) is 6.61 Å². The van der Waals surface area contributed by atoms with Crippen molar-refractivity contribution in [1.82, 2.24) is 19.8 Å². The smallest absolute Gasteiger partial charge is 0.105 e. The molecule has 0 aromatic carbocycles. The minimum atomic E-state index is 0.232. The van der Waals surface area contributed by atoms with Gasteiger partial charge < -0.3 is 15.0 Å². The van der Waals surface area contributed by atoms with Gasteiger partial charge in [0, 0.05) is 44.6 Å². The van der Waals surface area contributed by atoms with Crippen LogP contribution >= 0.6 is 0 Å². The summed E-state index contributed by atoms with van der Waals surface area (Å²) in [5.74, 6) is 1.05. The largest absolute Gasteiger partial charge is 0.395 e. The summed E-state index contributed by atoms with van der Waals surface area (Å²) in [5.41, 5.74) is 0. The van der Waals surface area contributed by atoms with Gasteiger partial charge in [-0.2, -0.15) is 0 Å². The number of nitrogens with one attached hydrogen (secondary N) is 1. The molecule has 1 saturated heterocycles. The third-order valence-electron chi connectivity index (χ3n) is 3.64. The minimum Gasteiger partial charge on any atom is -0.395 e.